The van der Waals surface area contributed by atoms with E-state index in [9.17, 15) is 8.42 Å². The quantitative estimate of drug-likeness (QED) is 0.850. The summed E-state index contributed by atoms with van der Waals surface area (Å²) in [5.74, 6) is 0.741. The molecule has 2 heterocycles. The summed E-state index contributed by atoms with van der Waals surface area (Å²) < 4.78 is 36.9. The predicted molar refractivity (Wildman–Crippen MR) is 83.2 cm³/mol. The highest BCUT2D eigenvalue weighted by molar-refractivity contribution is 7.89. The Morgan fingerprint density at radius 1 is 1.22 bits per heavy atom. The zero-order valence-electron chi connectivity index (χ0n) is 13.1. The van der Waals surface area contributed by atoms with Gasteiger partial charge in [0.2, 0.25) is 21.8 Å². The third-order valence-corrected chi connectivity index (χ3v) is 5.57. The van der Waals surface area contributed by atoms with E-state index in [1.165, 1.54) is 24.5 Å². The third kappa shape index (κ3) is 3.29. The number of sulfonamides is 1. The van der Waals surface area contributed by atoms with Gasteiger partial charge in [-0.25, -0.2) is 12.7 Å². The Kier molecular flexibility index (Phi) is 4.47. The standard InChI is InChI=1S/C15H19N3O4S/c1-18(2)23(19,20)12-7-5-6-11(10-12)14-16-17-15(22-14)13-8-3-4-9-21-13/h5-7,10,13H,3-4,8-9H2,1-2H3/t13-/m1/s1. The zero-order chi connectivity index (χ0) is 16.4. The maximum absolute atomic E-state index is 12.2. The monoisotopic (exact) mass is 337 g/mol. The lowest BCUT2D eigenvalue weighted by molar-refractivity contribution is -0.00126. The van der Waals surface area contributed by atoms with Crippen LogP contribution in [0.5, 0.6) is 0 Å². The van der Waals surface area contributed by atoms with Gasteiger partial charge < -0.3 is 9.15 Å². The van der Waals surface area contributed by atoms with Crippen molar-refractivity contribution in [3.05, 3.63) is 30.2 Å². The minimum Gasteiger partial charge on any atom is -0.418 e. The summed E-state index contributed by atoms with van der Waals surface area (Å²) in [4.78, 5) is 0.189. The van der Waals surface area contributed by atoms with Crippen LogP contribution < -0.4 is 0 Å². The van der Waals surface area contributed by atoms with Crippen molar-refractivity contribution in [2.45, 2.75) is 30.3 Å². The Balaban J connectivity index is 1.89. The minimum absolute atomic E-state index is 0.168. The molecule has 1 fully saturated rings. The molecule has 124 valence electrons. The molecular formula is C15H19N3O4S. The van der Waals surface area contributed by atoms with Crippen LogP contribution in [0.3, 0.4) is 0 Å². The summed E-state index contributed by atoms with van der Waals surface area (Å²) in [5, 5.41) is 8.07. The van der Waals surface area contributed by atoms with Crippen LogP contribution in [0.2, 0.25) is 0 Å². The lowest BCUT2D eigenvalue weighted by atomic mass is 10.1. The van der Waals surface area contributed by atoms with Crippen molar-refractivity contribution in [2.24, 2.45) is 0 Å². The highest BCUT2D eigenvalue weighted by Gasteiger charge is 2.23. The number of benzene rings is 1. The number of hydrogen-bond donors (Lipinski definition) is 0. The normalized spacial score (nSPS) is 19.2. The van der Waals surface area contributed by atoms with Gasteiger partial charge in [-0.1, -0.05) is 6.07 Å². The van der Waals surface area contributed by atoms with E-state index in [-0.39, 0.29) is 11.0 Å². The minimum atomic E-state index is -3.50. The Morgan fingerprint density at radius 3 is 2.74 bits per heavy atom. The van der Waals surface area contributed by atoms with Crippen molar-refractivity contribution in [1.82, 2.24) is 14.5 Å². The Labute approximate surface area is 135 Å². The third-order valence-electron chi connectivity index (χ3n) is 3.76. The second-order valence-corrected chi connectivity index (χ2v) is 7.77. The van der Waals surface area contributed by atoms with Gasteiger partial charge >= 0.3 is 0 Å². The molecule has 0 saturated carbocycles. The Morgan fingerprint density at radius 2 is 2.04 bits per heavy atom. The van der Waals surface area contributed by atoms with E-state index in [4.69, 9.17) is 9.15 Å². The molecule has 1 aliphatic heterocycles. The molecule has 1 saturated heterocycles. The van der Waals surface area contributed by atoms with Crippen LogP contribution in [-0.4, -0.2) is 43.6 Å². The largest absolute Gasteiger partial charge is 0.418 e. The van der Waals surface area contributed by atoms with Gasteiger partial charge in [0.1, 0.15) is 6.10 Å². The number of aromatic nitrogens is 2. The molecule has 0 amide bonds. The van der Waals surface area contributed by atoms with Gasteiger partial charge in [0.15, 0.2) is 0 Å². The molecule has 7 nitrogen and oxygen atoms in total. The van der Waals surface area contributed by atoms with Crippen LogP contribution in [0.15, 0.2) is 33.6 Å². The maximum atomic E-state index is 12.2. The highest BCUT2D eigenvalue weighted by Crippen LogP contribution is 2.29. The van der Waals surface area contributed by atoms with Gasteiger partial charge in [-0.3, -0.25) is 0 Å². The zero-order valence-corrected chi connectivity index (χ0v) is 13.9. The summed E-state index contributed by atoms with van der Waals surface area (Å²) in [5.41, 5.74) is 0.572. The summed E-state index contributed by atoms with van der Waals surface area (Å²) >= 11 is 0. The van der Waals surface area contributed by atoms with E-state index >= 15 is 0 Å². The Bertz CT molecular complexity index is 780. The van der Waals surface area contributed by atoms with Crippen LogP contribution >= 0.6 is 0 Å². The fourth-order valence-electron chi connectivity index (χ4n) is 2.42. The van der Waals surface area contributed by atoms with Crippen LogP contribution in [0.4, 0.5) is 0 Å². The lowest BCUT2D eigenvalue weighted by Gasteiger charge is -2.18. The molecule has 0 aliphatic carbocycles. The maximum Gasteiger partial charge on any atom is 0.247 e. The fraction of sp³-hybridized carbons (Fsp3) is 0.467. The molecule has 0 unspecified atom stereocenters. The van der Waals surface area contributed by atoms with Gasteiger partial charge in [-0.05, 0) is 37.5 Å². The van der Waals surface area contributed by atoms with E-state index in [2.05, 4.69) is 10.2 Å². The molecule has 0 spiro atoms. The molecule has 0 bridgehead atoms. The molecule has 3 rings (SSSR count). The summed E-state index contributed by atoms with van der Waals surface area (Å²) in [6.45, 7) is 0.693. The molecule has 2 aromatic rings. The van der Waals surface area contributed by atoms with E-state index in [0.717, 1.165) is 19.3 Å². The second kappa shape index (κ2) is 6.38. The number of hydrogen-bond acceptors (Lipinski definition) is 6. The molecule has 8 heteroatoms. The summed E-state index contributed by atoms with van der Waals surface area (Å²) in [7, 11) is -0.516. The molecule has 0 radical (unpaired) electrons. The van der Waals surface area contributed by atoms with Gasteiger partial charge in [-0.15, -0.1) is 10.2 Å². The van der Waals surface area contributed by atoms with Crippen molar-refractivity contribution in [2.75, 3.05) is 20.7 Å². The molecular weight excluding hydrogens is 318 g/mol. The average Bonchev–Trinajstić information content (AvgIpc) is 3.06. The first-order valence-corrected chi connectivity index (χ1v) is 8.90. The lowest BCUT2D eigenvalue weighted by Crippen LogP contribution is -2.22. The molecule has 23 heavy (non-hydrogen) atoms. The van der Waals surface area contributed by atoms with E-state index in [0.29, 0.717) is 24.0 Å². The first kappa shape index (κ1) is 16.1. The van der Waals surface area contributed by atoms with Gasteiger partial charge in [0.05, 0.1) is 4.90 Å². The van der Waals surface area contributed by atoms with Crippen LogP contribution in [-0.2, 0) is 14.8 Å². The van der Waals surface area contributed by atoms with Crippen molar-refractivity contribution < 1.29 is 17.6 Å². The molecule has 1 aromatic carbocycles. The van der Waals surface area contributed by atoms with Crippen molar-refractivity contribution in [3.63, 3.8) is 0 Å². The molecule has 1 aliphatic rings. The van der Waals surface area contributed by atoms with Crippen molar-refractivity contribution in [3.8, 4) is 11.5 Å². The predicted octanol–water partition coefficient (Wildman–Crippen LogP) is 2.23. The number of ether oxygens (including phenoxy) is 1. The van der Waals surface area contributed by atoms with Gasteiger partial charge in [0, 0.05) is 26.3 Å². The first-order chi connectivity index (χ1) is 11.0. The van der Waals surface area contributed by atoms with Crippen LogP contribution in [0.25, 0.3) is 11.5 Å². The summed E-state index contributed by atoms with van der Waals surface area (Å²) in [6.07, 6.45) is 2.80. The smallest absolute Gasteiger partial charge is 0.247 e. The average molecular weight is 337 g/mol. The van der Waals surface area contributed by atoms with Gasteiger partial charge in [0.25, 0.3) is 0 Å². The van der Waals surface area contributed by atoms with Crippen molar-refractivity contribution in [1.29, 1.82) is 0 Å². The van der Waals surface area contributed by atoms with Gasteiger partial charge in [-0.2, -0.15) is 0 Å². The van der Waals surface area contributed by atoms with Crippen LogP contribution in [0.1, 0.15) is 31.3 Å². The molecule has 1 atom stereocenters. The Hall–Kier alpha value is -1.77. The molecule has 1 aromatic heterocycles. The second-order valence-electron chi connectivity index (χ2n) is 5.62. The number of nitrogens with zero attached hydrogens (tertiary/aromatic N) is 3. The van der Waals surface area contributed by atoms with E-state index in [1.54, 1.807) is 18.2 Å². The fourth-order valence-corrected chi connectivity index (χ4v) is 3.37. The first-order valence-electron chi connectivity index (χ1n) is 7.46. The van der Waals surface area contributed by atoms with E-state index < -0.39 is 10.0 Å². The van der Waals surface area contributed by atoms with Crippen molar-refractivity contribution >= 4 is 10.0 Å². The number of rotatable bonds is 4. The van der Waals surface area contributed by atoms with E-state index in [1.807, 2.05) is 0 Å². The SMILES string of the molecule is CN(C)S(=O)(=O)c1cccc(-c2nnc([C@H]3CCCCO3)o2)c1. The highest BCUT2D eigenvalue weighted by atomic mass is 32.2. The molecule has 0 N–H and O–H groups in total. The van der Waals surface area contributed by atoms with Crippen LogP contribution in [0, 0.1) is 0 Å². The topological polar surface area (TPSA) is 85.5 Å². The summed E-state index contributed by atoms with van der Waals surface area (Å²) in [6, 6.07) is 6.48.